The standard InChI is InChI=1S/C17H22N2O2/c1-17(2,19(3)4)11-18-15-10-9-14(16(20)21)12-7-5-6-8-13(12)15/h5-10,18H,11H2,1-4H3,(H,20,21). The second-order valence-corrected chi connectivity index (χ2v) is 6.07. The molecule has 0 aliphatic heterocycles. The Kier molecular flexibility index (Phi) is 4.19. The zero-order valence-corrected chi connectivity index (χ0v) is 13.0. The Morgan fingerprint density at radius 2 is 1.76 bits per heavy atom. The zero-order valence-electron chi connectivity index (χ0n) is 13.0. The van der Waals surface area contributed by atoms with Crippen LogP contribution in [0.4, 0.5) is 5.69 Å². The van der Waals surface area contributed by atoms with Crippen LogP contribution < -0.4 is 5.32 Å². The number of hydrogen-bond acceptors (Lipinski definition) is 3. The van der Waals surface area contributed by atoms with Gasteiger partial charge in [-0.3, -0.25) is 0 Å². The Labute approximate surface area is 125 Å². The van der Waals surface area contributed by atoms with E-state index in [2.05, 4.69) is 24.1 Å². The summed E-state index contributed by atoms with van der Waals surface area (Å²) in [6.07, 6.45) is 0. The molecule has 0 amide bonds. The molecule has 2 N–H and O–H groups in total. The van der Waals surface area contributed by atoms with E-state index in [1.165, 1.54) is 0 Å². The molecule has 2 rings (SSSR count). The van der Waals surface area contributed by atoms with Gasteiger partial charge in [0, 0.05) is 23.2 Å². The number of nitrogens with one attached hydrogen (secondary N) is 1. The molecule has 0 fully saturated rings. The van der Waals surface area contributed by atoms with Crippen molar-refractivity contribution < 1.29 is 9.90 Å². The third-order valence-corrected chi connectivity index (χ3v) is 4.08. The molecule has 4 nitrogen and oxygen atoms in total. The van der Waals surface area contributed by atoms with Crippen molar-refractivity contribution in [2.45, 2.75) is 19.4 Å². The minimum absolute atomic E-state index is 0.00652. The summed E-state index contributed by atoms with van der Waals surface area (Å²) in [6.45, 7) is 5.10. The maximum absolute atomic E-state index is 11.3. The van der Waals surface area contributed by atoms with Gasteiger partial charge in [-0.25, -0.2) is 4.79 Å². The Hall–Kier alpha value is -2.07. The van der Waals surface area contributed by atoms with Gasteiger partial charge < -0.3 is 15.3 Å². The van der Waals surface area contributed by atoms with Crippen LogP contribution in [-0.2, 0) is 0 Å². The number of anilines is 1. The summed E-state index contributed by atoms with van der Waals surface area (Å²) in [5.41, 5.74) is 1.31. The third-order valence-electron chi connectivity index (χ3n) is 4.08. The van der Waals surface area contributed by atoms with E-state index in [4.69, 9.17) is 0 Å². The fourth-order valence-electron chi connectivity index (χ4n) is 2.11. The van der Waals surface area contributed by atoms with Gasteiger partial charge in [0.1, 0.15) is 0 Å². The van der Waals surface area contributed by atoms with Crippen LogP contribution in [0.5, 0.6) is 0 Å². The number of hydrogen-bond donors (Lipinski definition) is 2. The minimum Gasteiger partial charge on any atom is -0.478 e. The molecule has 0 atom stereocenters. The summed E-state index contributed by atoms with van der Waals surface area (Å²) in [4.78, 5) is 13.5. The van der Waals surface area contributed by atoms with E-state index in [1.807, 2.05) is 44.4 Å². The number of carbonyl (C=O) groups is 1. The van der Waals surface area contributed by atoms with Gasteiger partial charge in [-0.2, -0.15) is 0 Å². The molecule has 0 aliphatic carbocycles. The number of carboxylic acids is 1. The van der Waals surface area contributed by atoms with E-state index in [9.17, 15) is 9.90 Å². The van der Waals surface area contributed by atoms with E-state index < -0.39 is 5.97 Å². The molecule has 0 radical (unpaired) electrons. The Bertz CT molecular complexity index is 663. The molecule has 0 saturated heterocycles. The molecular formula is C17H22N2O2. The molecule has 0 heterocycles. The van der Waals surface area contributed by atoms with Crippen LogP contribution in [0.2, 0.25) is 0 Å². The van der Waals surface area contributed by atoms with Gasteiger partial charge >= 0.3 is 5.97 Å². The SMILES string of the molecule is CN(C)C(C)(C)CNc1ccc(C(=O)O)c2ccccc12. The molecular weight excluding hydrogens is 264 g/mol. The van der Waals surface area contributed by atoms with Gasteiger partial charge in [-0.1, -0.05) is 24.3 Å². The number of carboxylic acid groups (broad SMARTS) is 1. The smallest absolute Gasteiger partial charge is 0.336 e. The number of benzene rings is 2. The maximum atomic E-state index is 11.3. The van der Waals surface area contributed by atoms with Crippen LogP contribution >= 0.6 is 0 Å². The summed E-state index contributed by atoms with van der Waals surface area (Å²) in [5, 5.41) is 14.4. The van der Waals surface area contributed by atoms with Crippen molar-refractivity contribution in [3.8, 4) is 0 Å². The largest absolute Gasteiger partial charge is 0.478 e. The predicted octanol–water partition coefficient (Wildman–Crippen LogP) is 3.29. The highest BCUT2D eigenvalue weighted by molar-refractivity contribution is 6.07. The van der Waals surface area contributed by atoms with E-state index in [-0.39, 0.29) is 5.54 Å². The molecule has 0 bridgehead atoms. The molecule has 0 saturated carbocycles. The second kappa shape index (κ2) is 5.74. The van der Waals surface area contributed by atoms with Crippen molar-refractivity contribution in [2.75, 3.05) is 26.0 Å². The quantitative estimate of drug-likeness (QED) is 0.885. The molecule has 2 aromatic rings. The average molecular weight is 286 g/mol. The summed E-state index contributed by atoms with van der Waals surface area (Å²) >= 11 is 0. The lowest BCUT2D eigenvalue weighted by atomic mass is 10.0. The first kappa shape index (κ1) is 15.3. The molecule has 21 heavy (non-hydrogen) atoms. The van der Waals surface area contributed by atoms with Crippen molar-refractivity contribution in [1.82, 2.24) is 4.90 Å². The lowest BCUT2D eigenvalue weighted by molar-refractivity contribution is 0.0699. The van der Waals surface area contributed by atoms with Crippen molar-refractivity contribution in [3.05, 3.63) is 42.0 Å². The van der Waals surface area contributed by atoms with Gasteiger partial charge in [0.15, 0.2) is 0 Å². The topological polar surface area (TPSA) is 52.6 Å². The normalized spacial score (nSPS) is 11.9. The number of rotatable bonds is 5. The molecule has 112 valence electrons. The summed E-state index contributed by atoms with van der Waals surface area (Å²) in [7, 11) is 4.10. The van der Waals surface area contributed by atoms with E-state index >= 15 is 0 Å². The number of likely N-dealkylation sites (N-methyl/N-ethyl adjacent to an activating group) is 1. The Balaban J connectivity index is 2.38. The summed E-state index contributed by atoms with van der Waals surface area (Å²) < 4.78 is 0. The van der Waals surface area contributed by atoms with E-state index in [0.717, 1.165) is 23.0 Å². The summed E-state index contributed by atoms with van der Waals surface area (Å²) in [5.74, 6) is -0.897. The van der Waals surface area contributed by atoms with Crippen LogP contribution in [0.25, 0.3) is 10.8 Å². The highest BCUT2D eigenvalue weighted by Crippen LogP contribution is 2.27. The number of nitrogens with zero attached hydrogens (tertiary/aromatic N) is 1. The van der Waals surface area contributed by atoms with Crippen molar-refractivity contribution in [2.24, 2.45) is 0 Å². The zero-order chi connectivity index (χ0) is 15.6. The van der Waals surface area contributed by atoms with Gasteiger partial charge in [0.2, 0.25) is 0 Å². The Morgan fingerprint density at radius 1 is 1.14 bits per heavy atom. The highest BCUT2D eigenvalue weighted by Gasteiger charge is 2.20. The first-order valence-electron chi connectivity index (χ1n) is 6.99. The molecule has 4 heteroatoms. The van der Waals surface area contributed by atoms with Crippen LogP contribution in [0.1, 0.15) is 24.2 Å². The average Bonchev–Trinajstić information content (AvgIpc) is 2.44. The molecule has 0 aliphatic rings. The minimum atomic E-state index is -0.897. The molecule has 0 aromatic heterocycles. The third kappa shape index (κ3) is 3.16. The van der Waals surface area contributed by atoms with Crippen LogP contribution in [-0.4, -0.2) is 42.2 Å². The first-order valence-corrected chi connectivity index (χ1v) is 6.99. The van der Waals surface area contributed by atoms with Crippen LogP contribution in [0.3, 0.4) is 0 Å². The first-order chi connectivity index (χ1) is 9.83. The highest BCUT2D eigenvalue weighted by atomic mass is 16.4. The molecule has 2 aromatic carbocycles. The van der Waals surface area contributed by atoms with Gasteiger partial charge in [-0.05, 0) is 45.5 Å². The van der Waals surface area contributed by atoms with Crippen LogP contribution in [0.15, 0.2) is 36.4 Å². The van der Waals surface area contributed by atoms with Crippen molar-refractivity contribution >= 4 is 22.4 Å². The molecule has 0 unspecified atom stereocenters. The lowest BCUT2D eigenvalue weighted by Crippen LogP contribution is -2.44. The predicted molar refractivity (Wildman–Crippen MR) is 87.2 cm³/mol. The fraction of sp³-hybridized carbons (Fsp3) is 0.353. The van der Waals surface area contributed by atoms with Crippen molar-refractivity contribution in [3.63, 3.8) is 0 Å². The van der Waals surface area contributed by atoms with Gasteiger partial charge in [-0.15, -0.1) is 0 Å². The maximum Gasteiger partial charge on any atom is 0.336 e. The van der Waals surface area contributed by atoms with Gasteiger partial charge in [0.25, 0.3) is 0 Å². The van der Waals surface area contributed by atoms with E-state index in [0.29, 0.717) is 5.56 Å². The number of aromatic carboxylic acids is 1. The second-order valence-electron chi connectivity index (χ2n) is 6.07. The monoisotopic (exact) mass is 286 g/mol. The number of fused-ring (bicyclic) bond motifs is 1. The summed E-state index contributed by atoms with van der Waals surface area (Å²) in [6, 6.07) is 11.1. The Morgan fingerprint density at radius 3 is 2.33 bits per heavy atom. The van der Waals surface area contributed by atoms with Crippen LogP contribution in [0, 0.1) is 0 Å². The van der Waals surface area contributed by atoms with Crippen molar-refractivity contribution in [1.29, 1.82) is 0 Å². The lowest BCUT2D eigenvalue weighted by Gasteiger charge is -2.33. The van der Waals surface area contributed by atoms with E-state index in [1.54, 1.807) is 6.07 Å². The van der Waals surface area contributed by atoms with Gasteiger partial charge in [0.05, 0.1) is 5.56 Å². The fourth-order valence-corrected chi connectivity index (χ4v) is 2.11. The molecule has 0 spiro atoms.